The molecule has 0 radical (unpaired) electrons. The van der Waals surface area contributed by atoms with Crippen LogP contribution in [0.5, 0.6) is 0 Å². The summed E-state index contributed by atoms with van der Waals surface area (Å²) in [4.78, 5) is 10.3. The summed E-state index contributed by atoms with van der Waals surface area (Å²) in [6.45, 7) is 0. The van der Waals surface area contributed by atoms with Crippen LogP contribution in [0.15, 0.2) is 9.40 Å². The Hall–Kier alpha value is 1.21. The van der Waals surface area contributed by atoms with Gasteiger partial charge in [-0.2, -0.15) is 5.26 Å². The SMILES string of the molecule is N#C/C(Cl)=C(\Cl)SCC(Cl)(Cl)C(=O)[O-].[Na+]. The Kier molecular flexibility index (Phi) is 10.3. The second-order valence-corrected chi connectivity index (χ2v) is 5.43. The van der Waals surface area contributed by atoms with E-state index in [4.69, 9.17) is 51.7 Å². The zero-order valence-corrected chi connectivity index (χ0v) is 13.2. The molecule has 0 rings (SSSR count). The summed E-state index contributed by atoms with van der Waals surface area (Å²) < 4.78 is -2.13. The van der Waals surface area contributed by atoms with Crippen molar-refractivity contribution in [1.29, 1.82) is 5.26 Å². The van der Waals surface area contributed by atoms with E-state index in [1.807, 2.05) is 0 Å². The summed E-state index contributed by atoms with van der Waals surface area (Å²) in [5, 5.41) is 18.4. The maximum absolute atomic E-state index is 10.3. The molecule has 9 heteroatoms. The zero-order valence-electron chi connectivity index (χ0n) is 7.39. The Morgan fingerprint density at radius 3 is 2.27 bits per heavy atom. The van der Waals surface area contributed by atoms with E-state index < -0.39 is 10.3 Å². The van der Waals surface area contributed by atoms with E-state index in [0.29, 0.717) is 0 Å². The number of thioether (sulfide) groups is 1. The predicted molar refractivity (Wildman–Crippen MR) is 56.2 cm³/mol. The largest absolute Gasteiger partial charge is 1.00 e. The maximum atomic E-state index is 10.3. The van der Waals surface area contributed by atoms with Gasteiger partial charge in [0.1, 0.15) is 15.5 Å². The van der Waals surface area contributed by atoms with Crippen molar-refractivity contribution in [2.24, 2.45) is 0 Å². The Labute approximate surface area is 133 Å². The number of hydrogen-bond donors (Lipinski definition) is 0. The first-order chi connectivity index (χ1) is 6.31. The molecule has 0 aromatic carbocycles. The number of rotatable bonds is 4. The fourth-order valence-electron chi connectivity index (χ4n) is 0.320. The van der Waals surface area contributed by atoms with Crippen molar-refractivity contribution in [3.8, 4) is 6.07 Å². The van der Waals surface area contributed by atoms with Crippen LogP contribution in [-0.4, -0.2) is 16.1 Å². The third-order valence-electron chi connectivity index (χ3n) is 0.950. The molecule has 0 N–H and O–H groups in total. The minimum Gasteiger partial charge on any atom is -0.547 e. The maximum Gasteiger partial charge on any atom is 1.00 e. The van der Waals surface area contributed by atoms with Gasteiger partial charge < -0.3 is 9.90 Å². The molecular formula is C6H2Cl4NNaO2S. The number of carboxylic acid groups (broad SMARTS) is 1. The van der Waals surface area contributed by atoms with Gasteiger partial charge in [0.25, 0.3) is 0 Å². The number of aliphatic carboxylic acids is 1. The normalized spacial score (nSPS) is 12.2. The third-order valence-corrected chi connectivity index (χ3v) is 3.88. The van der Waals surface area contributed by atoms with Gasteiger partial charge in [-0.15, -0.1) is 11.8 Å². The fraction of sp³-hybridized carbons (Fsp3) is 0.333. The van der Waals surface area contributed by atoms with E-state index in [-0.39, 0.29) is 44.7 Å². The van der Waals surface area contributed by atoms with E-state index in [9.17, 15) is 9.90 Å². The number of carboxylic acids is 1. The first-order valence-corrected chi connectivity index (χ1v) is 5.48. The summed E-state index contributed by atoms with van der Waals surface area (Å²) in [6, 6.07) is 1.57. The zero-order chi connectivity index (χ0) is 11.4. The van der Waals surface area contributed by atoms with Gasteiger partial charge in [0.2, 0.25) is 0 Å². The second-order valence-electron chi connectivity index (χ2n) is 1.98. The summed E-state index contributed by atoms with van der Waals surface area (Å²) in [7, 11) is 0. The molecule has 0 atom stereocenters. The minimum absolute atomic E-state index is 0. The van der Waals surface area contributed by atoms with Crippen LogP contribution in [0, 0.1) is 11.3 Å². The Balaban J connectivity index is 0. The monoisotopic (exact) mass is 315 g/mol. The quantitative estimate of drug-likeness (QED) is 0.372. The Morgan fingerprint density at radius 2 is 1.93 bits per heavy atom. The summed E-state index contributed by atoms with van der Waals surface area (Å²) in [6.07, 6.45) is 0. The Morgan fingerprint density at radius 1 is 1.47 bits per heavy atom. The third kappa shape index (κ3) is 7.19. The van der Waals surface area contributed by atoms with Crippen LogP contribution in [-0.2, 0) is 4.79 Å². The van der Waals surface area contributed by atoms with Gasteiger partial charge in [0.15, 0.2) is 4.33 Å². The number of carbonyl (C=O) groups excluding carboxylic acids is 1. The minimum atomic E-state index is -2.06. The number of alkyl halides is 2. The molecule has 0 aliphatic rings. The van der Waals surface area contributed by atoms with Gasteiger partial charge in [-0.05, 0) is 0 Å². The van der Waals surface area contributed by atoms with Crippen molar-refractivity contribution in [2.75, 3.05) is 5.75 Å². The molecule has 0 aromatic rings. The van der Waals surface area contributed by atoms with Crippen LogP contribution in [0.25, 0.3) is 0 Å². The van der Waals surface area contributed by atoms with Gasteiger partial charge in [0.05, 0.1) is 5.97 Å². The van der Waals surface area contributed by atoms with E-state index in [0.717, 1.165) is 11.8 Å². The van der Waals surface area contributed by atoms with Crippen LogP contribution in [0.2, 0.25) is 0 Å². The summed E-state index contributed by atoms with van der Waals surface area (Å²) >= 11 is 22.3. The average molecular weight is 317 g/mol. The molecule has 0 bridgehead atoms. The van der Waals surface area contributed by atoms with Gasteiger partial charge in [-0.1, -0.05) is 46.4 Å². The topological polar surface area (TPSA) is 63.9 Å². The molecule has 0 fully saturated rings. The van der Waals surface area contributed by atoms with Crippen molar-refractivity contribution in [3.05, 3.63) is 9.40 Å². The van der Waals surface area contributed by atoms with Crippen molar-refractivity contribution >= 4 is 64.1 Å². The van der Waals surface area contributed by atoms with Gasteiger partial charge in [-0.25, -0.2) is 0 Å². The van der Waals surface area contributed by atoms with Gasteiger partial charge in [0, 0.05) is 5.75 Å². The van der Waals surface area contributed by atoms with Crippen LogP contribution >= 0.6 is 58.2 Å². The first-order valence-electron chi connectivity index (χ1n) is 2.98. The van der Waals surface area contributed by atoms with E-state index >= 15 is 0 Å². The van der Waals surface area contributed by atoms with Crippen molar-refractivity contribution in [3.63, 3.8) is 0 Å². The molecule has 0 saturated heterocycles. The molecular weight excluding hydrogens is 315 g/mol. The van der Waals surface area contributed by atoms with Gasteiger partial charge >= 0.3 is 29.6 Å². The number of halogens is 4. The van der Waals surface area contributed by atoms with Crippen LogP contribution in [0.3, 0.4) is 0 Å². The van der Waals surface area contributed by atoms with Crippen molar-refractivity contribution in [1.82, 2.24) is 0 Å². The van der Waals surface area contributed by atoms with Crippen LogP contribution in [0.1, 0.15) is 0 Å². The predicted octanol–water partition coefficient (Wildman–Crippen LogP) is -1.18. The van der Waals surface area contributed by atoms with E-state index in [1.54, 1.807) is 6.07 Å². The molecule has 0 heterocycles. The smallest absolute Gasteiger partial charge is 0.547 e. The van der Waals surface area contributed by atoms with Crippen LogP contribution in [0.4, 0.5) is 0 Å². The van der Waals surface area contributed by atoms with Crippen molar-refractivity contribution < 1.29 is 39.5 Å². The molecule has 0 amide bonds. The molecule has 0 aliphatic carbocycles. The van der Waals surface area contributed by atoms with Crippen molar-refractivity contribution in [2.45, 2.75) is 4.33 Å². The van der Waals surface area contributed by atoms with Gasteiger partial charge in [-0.3, -0.25) is 0 Å². The van der Waals surface area contributed by atoms with E-state index in [1.165, 1.54) is 0 Å². The Bertz CT molecular complexity index is 315. The molecule has 3 nitrogen and oxygen atoms in total. The average Bonchev–Trinajstić information content (AvgIpc) is 2.12. The molecule has 0 unspecified atom stereocenters. The molecule has 0 aliphatic heterocycles. The summed E-state index contributed by atoms with van der Waals surface area (Å²) in [5.74, 6) is -1.90. The number of nitriles is 1. The van der Waals surface area contributed by atoms with Crippen LogP contribution < -0.4 is 34.7 Å². The number of allylic oxidation sites excluding steroid dienone is 1. The molecule has 78 valence electrons. The fourth-order valence-corrected chi connectivity index (χ4v) is 1.62. The van der Waals surface area contributed by atoms with E-state index in [2.05, 4.69) is 0 Å². The molecule has 0 saturated carbocycles. The number of nitrogens with zero attached hydrogens (tertiary/aromatic N) is 1. The number of carbonyl (C=O) groups is 1. The second kappa shape index (κ2) is 8.32. The molecule has 0 aromatic heterocycles. The molecule has 15 heavy (non-hydrogen) atoms. The standard InChI is InChI=1S/C6H3Cl4NO2S.Na/c7-3(1-11)4(8)14-2-6(9,10)5(12)13;/h2H2,(H,12,13);/q;+1/p-1/b4-3-;. The summed E-state index contributed by atoms with van der Waals surface area (Å²) in [5.41, 5.74) is 0. The number of hydrogen-bond acceptors (Lipinski definition) is 4. The molecule has 0 spiro atoms. The first kappa shape index (κ1) is 18.6.